The van der Waals surface area contributed by atoms with Crippen molar-refractivity contribution in [1.29, 1.82) is 0 Å². The zero-order valence-electron chi connectivity index (χ0n) is 15.9. The van der Waals surface area contributed by atoms with E-state index in [1.807, 2.05) is 0 Å². The van der Waals surface area contributed by atoms with Gasteiger partial charge in [0.25, 0.3) is 11.8 Å². The van der Waals surface area contributed by atoms with E-state index < -0.39 is 23.9 Å². The van der Waals surface area contributed by atoms with Crippen molar-refractivity contribution >= 4 is 45.0 Å². The summed E-state index contributed by atoms with van der Waals surface area (Å²) in [4.78, 5) is 39.1. The Morgan fingerprint density at radius 2 is 1.93 bits per heavy atom. The van der Waals surface area contributed by atoms with Crippen molar-refractivity contribution in [2.75, 3.05) is 19.5 Å². The molecule has 2 amide bonds. The van der Waals surface area contributed by atoms with Crippen LogP contribution in [0.1, 0.15) is 27.8 Å². The largest absolute Gasteiger partial charge is 0.497 e. The second-order valence-electron chi connectivity index (χ2n) is 6.04. The molecular weight excluding hydrogens is 398 g/mol. The predicted octanol–water partition coefficient (Wildman–Crippen LogP) is 2.53. The lowest BCUT2D eigenvalue weighted by Gasteiger charge is -2.12. The second kappa shape index (κ2) is 8.23. The first-order valence-electron chi connectivity index (χ1n) is 8.48. The molecule has 0 bridgehead atoms. The molecule has 2 aromatic heterocycles. The first-order valence-corrected chi connectivity index (χ1v) is 9.36. The molecule has 1 unspecified atom stereocenters. The van der Waals surface area contributed by atoms with Crippen molar-refractivity contribution in [3.05, 3.63) is 40.9 Å². The third-order valence-corrected chi connectivity index (χ3v) is 4.99. The molecule has 0 aliphatic rings. The topological polar surface area (TPSA) is 133 Å². The maximum atomic E-state index is 12.5. The molecule has 1 atom stereocenters. The molecular formula is C19H19N3O6S. The number of ether oxygens (including phenoxy) is 3. The number of hydrogen-bond donors (Lipinski definition) is 3. The van der Waals surface area contributed by atoms with Crippen LogP contribution in [0.15, 0.2) is 29.6 Å². The van der Waals surface area contributed by atoms with Crippen molar-refractivity contribution in [3.8, 4) is 11.5 Å². The number of benzene rings is 1. The lowest BCUT2D eigenvalue weighted by atomic mass is 10.2. The summed E-state index contributed by atoms with van der Waals surface area (Å²) in [5, 5.41) is 5.16. The highest BCUT2D eigenvalue weighted by Crippen LogP contribution is 2.31. The molecule has 3 aromatic rings. The van der Waals surface area contributed by atoms with Crippen molar-refractivity contribution in [1.82, 2.24) is 4.98 Å². The Morgan fingerprint density at radius 3 is 2.59 bits per heavy atom. The van der Waals surface area contributed by atoms with Gasteiger partial charge in [0.2, 0.25) is 0 Å². The Balaban J connectivity index is 1.74. The average molecular weight is 417 g/mol. The molecule has 0 saturated carbocycles. The summed E-state index contributed by atoms with van der Waals surface area (Å²) in [6.07, 6.45) is -1.10. The summed E-state index contributed by atoms with van der Waals surface area (Å²) in [5.41, 5.74) is 6.20. The molecule has 0 fully saturated rings. The smallest absolute Gasteiger partial charge is 0.355 e. The summed E-state index contributed by atoms with van der Waals surface area (Å²) in [5.74, 6) is -0.887. The average Bonchev–Trinajstić information content (AvgIpc) is 3.33. The van der Waals surface area contributed by atoms with Crippen molar-refractivity contribution in [3.63, 3.8) is 0 Å². The monoisotopic (exact) mass is 417 g/mol. The number of nitrogens with one attached hydrogen (secondary N) is 2. The molecule has 0 spiro atoms. The van der Waals surface area contributed by atoms with E-state index in [1.165, 1.54) is 27.2 Å². The fourth-order valence-electron chi connectivity index (χ4n) is 2.66. The Kier molecular flexibility index (Phi) is 5.74. The van der Waals surface area contributed by atoms with E-state index in [0.29, 0.717) is 27.4 Å². The molecule has 9 nitrogen and oxygen atoms in total. The first-order chi connectivity index (χ1) is 13.8. The van der Waals surface area contributed by atoms with Crippen LogP contribution in [0.2, 0.25) is 0 Å². The Hall–Kier alpha value is -3.53. The van der Waals surface area contributed by atoms with Crippen LogP contribution in [-0.4, -0.2) is 43.1 Å². The third-order valence-electron chi connectivity index (χ3n) is 4.16. The van der Waals surface area contributed by atoms with Crippen molar-refractivity contribution in [2.45, 2.75) is 13.0 Å². The highest BCUT2D eigenvalue weighted by atomic mass is 32.1. The predicted molar refractivity (Wildman–Crippen MR) is 108 cm³/mol. The van der Waals surface area contributed by atoms with Gasteiger partial charge in [-0.05, 0) is 30.5 Å². The first kappa shape index (κ1) is 20.2. The minimum atomic E-state index is -1.10. The Labute approximate surface area is 169 Å². The minimum absolute atomic E-state index is 0.153. The van der Waals surface area contributed by atoms with Gasteiger partial charge in [-0.15, -0.1) is 11.3 Å². The van der Waals surface area contributed by atoms with E-state index in [9.17, 15) is 14.4 Å². The van der Waals surface area contributed by atoms with Gasteiger partial charge in [-0.3, -0.25) is 9.59 Å². The van der Waals surface area contributed by atoms with E-state index >= 15 is 0 Å². The number of thiophene rings is 1. The molecule has 152 valence electrons. The van der Waals surface area contributed by atoms with E-state index in [0.717, 1.165) is 11.3 Å². The molecule has 4 N–H and O–H groups in total. The van der Waals surface area contributed by atoms with Gasteiger partial charge in [0.1, 0.15) is 22.2 Å². The zero-order chi connectivity index (χ0) is 21.1. The number of carbonyl (C=O) groups is 3. The number of aromatic nitrogens is 1. The highest BCUT2D eigenvalue weighted by Gasteiger charge is 2.23. The number of hydrogen-bond acceptors (Lipinski definition) is 7. The summed E-state index contributed by atoms with van der Waals surface area (Å²) in [7, 11) is 3.03. The summed E-state index contributed by atoms with van der Waals surface area (Å²) >= 11 is 1.14. The molecule has 0 aliphatic carbocycles. The summed E-state index contributed by atoms with van der Waals surface area (Å²) in [6.45, 7) is 1.43. The molecule has 29 heavy (non-hydrogen) atoms. The number of methoxy groups -OCH3 is 2. The fourth-order valence-corrected chi connectivity index (χ4v) is 3.46. The van der Waals surface area contributed by atoms with Gasteiger partial charge in [0, 0.05) is 11.5 Å². The normalized spacial score (nSPS) is 11.7. The number of carbonyl (C=O) groups excluding carboxylic acids is 3. The molecule has 10 heteroatoms. The van der Waals surface area contributed by atoms with E-state index in [4.69, 9.17) is 19.9 Å². The Bertz CT molecular complexity index is 1090. The number of anilines is 1. The third kappa shape index (κ3) is 4.16. The van der Waals surface area contributed by atoms with Gasteiger partial charge >= 0.3 is 5.97 Å². The molecule has 0 saturated heterocycles. The van der Waals surface area contributed by atoms with Gasteiger partial charge in [0.15, 0.2) is 6.10 Å². The van der Waals surface area contributed by atoms with Crippen LogP contribution in [0.5, 0.6) is 11.5 Å². The number of amides is 2. The fraction of sp³-hybridized carbons (Fsp3) is 0.211. The minimum Gasteiger partial charge on any atom is -0.497 e. The van der Waals surface area contributed by atoms with E-state index in [1.54, 1.807) is 23.6 Å². The van der Waals surface area contributed by atoms with E-state index in [2.05, 4.69) is 10.3 Å². The lowest BCUT2D eigenvalue weighted by Crippen LogP contribution is -2.30. The summed E-state index contributed by atoms with van der Waals surface area (Å²) < 4.78 is 15.8. The van der Waals surface area contributed by atoms with Crippen LogP contribution in [0.4, 0.5) is 5.00 Å². The van der Waals surface area contributed by atoms with Crippen molar-refractivity contribution < 1.29 is 28.6 Å². The van der Waals surface area contributed by atoms with Gasteiger partial charge in [0.05, 0.1) is 25.3 Å². The van der Waals surface area contributed by atoms with Gasteiger partial charge in [-0.1, -0.05) is 0 Å². The Morgan fingerprint density at radius 1 is 1.17 bits per heavy atom. The maximum absolute atomic E-state index is 12.5. The number of rotatable bonds is 7. The quantitative estimate of drug-likeness (QED) is 0.506. The van der Waals surface area contributed by atoms with Gasteiger partial charge in [-0.2, -0.15) is 0 Å². The number of H-pyrrole nitrogens is 1. The highest BCUT2D eigenvalue weighted by molar-refractivity contribution is 7.14. The van der Waals surface area contributed by atoms with Crippen LogP contribution >= 0.6 is 11.3 Å². The molecule has 0 radical (unpaired) electrons. The van der Waals surface area contributed by atoms with Crippen LogP contribution in [0.25, 0.3) is 10.9 Å². The second-order valence-corrected chi connectivity index (χ2v) is 6.96. The van der Waals surface area contributed by atoms with E-state index in [-0.39, 0.29) is 11.3 Å². The number of fused-ring (bicyclic) bond motifs is 1. The van der Waals surface area contributed by atoms with Gasteiger partial charge in [-0.25, -0.2) is 4.79 Å². The number of nitrogens with two attached hydrogens (primary N) is 1. The van der Waals surface area contributed by atoms with Crippen molar-refractivity contribution in [2.24, 2.45) is 5.73 Å². The molecule has 2 heterocycles. The van der Waals surface area contributed by atoms with Crippen LogP contribution in [0, 0.1) is 0 Å². The van der Waals surface area contributed by atoms with Gasteiger partial charge < -0.3 is 30.2 Å². The standard InChI is InChI=1S/C19H19N3O6S/c1-9(17(24)22-18-12(16(20)23)4-5-29-18)28-19(25)13-7-10-6-11(26-2)8-14(27-3)15(10)21-13/h4-9,21H,1-3H3,(H2,20,23)(H,22,24). The number of primary amides is 1. The molecule has 3 rings (SSSR count). The SMILES string of the molecule is COc1cc(OC)c2[nH]c(C(=O)OC(C)C(=O)Nc3sccc3C(N)=O)cc2c1. The zero-order valence-corrected chi connectivity index (χ0v) is 16.7. The van der Waals surface area contributed by atoms with Crippen LogP contribution in [-0.2, 0) is 9.53 Å². The molecule has 0 aliphatic heterocycles. The number of aromatic amines is 1. The summed E-state index contributed by atoms with van der Waals surface area (Å²) in [6, 6.07) is 6.51. The maximum Gasteiger partial charge on any atom is 0.355 e. The van der Waals surface area contributed by atoms with Crippen LogP contribution < -0.4 is 20.5 Å². The lowest BCUT2D eigenvalue weighted by molar-refractivity contribution is -0.123. The molecule has 1 aromatic carbocycles. The van der Waals surface area contributed by atoms with Crippen LogP contribution in [0.3, 0.4) is 0 Å². The number of esters is 1.